The zero-order chi connectivity index (χ0) is 12.8. The average molecular weight is 253 g/mol. The van der Waals surface area contributed by atoms with E-state index in [9.17, 15) is 0 Å². The molecule has 0 amide bonds. The van der Waals surface area contributed by atoms with Gasteiger partial charge in [-0.25, -0.2) is 15.0 Å². The van der Waals surface area contributed by atoms with Gasteiger partial charge in [0.2, 0.25) is 5.95 Å². The van der Waals surface area contributed by atoms with Crippen LogP contribution < -0.4 is 11.1 Å². The van der Waals surface area contributed by atoms with Crippen LogP contribution in [-0.2, 0) is 0 Å². The van der Waals surface area contributed by atoms with E-state index < -0.39 is 0 Å². The van der Waals surface area contributed by atoms with Crippen LogP contribution in [0.5, 0.6) is 0 Å². The SMILES string of the molecule is NC1=NC(c2ncc[nH]2)n2c(nc3ccccc32)N1. The van der Waals surface area contributed by atoms with E-state index in [-0.39, 0.29) is 6.17 Å². The molecule has 4 N–H and O–H groups in total. The Bertz CT molecular complexity index is 769. The second kappa shape index (κ2) is 3.58. The van der Waals surface area contributed by atoms with Gasteiger partial charge in [-0.1, -0.05) is 12.1 Å². The Morgan fingerprint density at radius 1 is 1.26 bits per heavy atom. The van der Waals surface area contributed by atoms with E-state index >= 15 is 0 Å². The fourth-order valence-corrected chi connectivity index (χ4v) is 2.32. The number of nitrogens with one attached hydrogen (secondary N) is 2. The summed E-state index contributed by atoms with van der Waals surface area (Å²) in [5.41, 5.74) is 7.70. The molecule has 0 spiro atoms. The van der Waals surface area contributed by atoms with Gasteiger partial charge in [-0.3, -0.25) is 9.88 Å². The van der Waals surface area contributed by atoms with Gasteiger partial charge in [0.15, 0.2) is 17.9 Å². The number of aliphatic imine (C=N–C) groups is 1. The molecule has 4 rings (SSSR count). The maximum Gasteiger partial charge on any atom is 0.212 e. The van der Waals surface area contributed by atoms with Crippen LogP contribution in [0.3, 0.4) is 0 Å². The van der Waals surface area contributed by atoms with E-state index in [0.717, 1.165) is 16.9 Å². The van der Waals surface area contributed by atoms with Crippen LogP contribution in [-0.4, -0.2) is 25.5 Å². The Morgan fingerprint density at radius 3 is 3.00 bits per heavy atom. The second-order valence-corrected chi connectivity index (χ2v) is 4.28. The van der Waals surface area contributed by atoms with Crippen LogP contribution in [0.25, 0.3) is 11.0 Å². The second-order valence-electron chi connectivity index (χ2n) is 4.28. The predicted octanol–water partition coefficient (Wildman–Crippen LogP) is 1.05. The van der Waals surface area contributed by atoms with Gasteiger partial charge in [0.25, 0.3) is 0 Å². The number of hydrogen-bond acceptors (Lipinski definition) is 5. The number of anilines is 1. The van der Waals surface area contributed by atoms with Crippen molar-refractivity contribution >= 4 is 22.9 Å². The molecular weight excluding hydrogens is 242 g/mol. The Labute approximate surface area is 108 Å². The van der Waals surface area contributed by atoms with Crippen LogP contribution in [0, 0.1) is 0 Å². The number of nitrogens with two attached hydrogens (primary N) is 1. The molecule has 1 atom stereocenters. The van der Waals surface area contributed by atoms with E-state index in [0.29, 0.717) is 11.9 Å². The number of rotatable bonds is 1. The molecular formula is C12H11N7. The van der Waals surface area contributed by atoms with Crippen LogP contribution >= 0.6 is 0 Å². The van der Waals surface area contributed by atoms with Crippen molar-refractivity contribution in [2.75, 3.05) is 5.32 Å². The molecule has 94 valence electrons. The molecule has 7 heteroatoms. The summed E-state index contributed by atoms with van der Waals surface area (Å²) in [5.74, 6) is 1.74. The lowest BCUT2D eigenvalue weighted by Gasteiger charge is -2.21. The van der Waals surface area contributed by atoms with E-state index in [1.807, 2.05) is 28.8 Å². The molecule has 0 aliphatic carbocycles. The Kier molecular flexibility index (Phi) is 1.91. The molecule has 0 fully saturated rings. The lowest BCUT2D eigenvalue weighted by atomic mass is 10.3. The van der Waals surface area contributed by atoms with Gasteiger partial charge in [0.05, 0.1) is 11.0 Å². The Morgan fingerprint density at radius 2 is 2.16 bits per heavy atom. The summed E-state index contributed by atoms with van der Waals surface area (Å²) in [5, 5.41) is 2.98. The number of aromatic nitrogens is 4. The van der Waals surface area contributed by atoms with Gasteiger partial charge in [-0.15, -0.1) is 0 Å². The number of aromatic amines is 1. The molecule has 0 saturated carbocycles. The molecule has 1 unspecified atom stereocenters. The minimum Gasteiger partial charge on any atom is -0.370 e. The Hall–Kier alpha value is -2.83. The first-order valence-corrected chi connectivity index (χ1v) is 5.89. The minimum absolute atomic E-state index is 0.321. The number of H-pyrrole nitrogens is 1. The summed E-state index contributed by atoms with van der Waals surface area (Å²) in [6.45, 7) is 0. The molecule has 1 aliphatic heterocycles. The Balaban J connectivity index is 2.00. The number of guanidine groups is 1. The van der Waals surface area contributed by atoms with Crippen molar-refractivity contribution in [2.45, 2.75) is 6.17 Å². The molecule has 3 aromatic rings. The normalized spacial score (nSPS) is 17.9. The molecule has 1 aliphatic rings. The van der Waals surface area contributed by atoms with Gasteiger partial charge in [0, 0.05) is 12.4 Å². The fraction of sp³-hybridized carbons (Fsp3) is 0.0833. The van der Waals surface area contributed by atoms with Gasteiger partial charge in [0.1, 0.15) is 0 Å². The first-order chi connectivity index (χ1) is 9.33. The van der Waals surface area contributed by atoms with E-state index in [1.54, 1.807) is 12.4 Å². The van der Waals surface area contributed by atoms with Crippen molar-refractivity contribution in [3.63, 3.8) is 0 Å². The highest BCUT2D eigenvalue weighted by molar-refractivity contribution is 5.94. The summed E-state index contributed by atoms with van der Waals surface area (Å²) in [6.07, 6.45) is 3.14. The monoisotopic (exact) mass is 253 g/mol. The molecule has 7 nitrogen and oxygen atoms in total. The highest BCUT2D eigenvalue weighted by Crippen LogP contribution is 2.30. The zero-order valence-electron chi connectivity index (χ0n) is 9.91. The van der Waals surface area contributed by atoms with Crippen molar-refractivity contribution in [3.8, 4) is 0 Å². The lowest BCUT2D eigenvalue weighted by Crippen LogP contribution is -2.31. The van der Waals surface area contributed by atoms with Gasteiger partial charge >= 0.3 is 0 Å². The maximum atomic E-state index is 5.81. The lowest BCUT2D eigenvalue weighted by molar-refractivity contribution is 0.594. The number of benzene rings is 1. The summed E-state index contributed by atoms with van der Waals surface area (Å²) in [6, 6.07) is 7.88. The molecule has 1 aromatic carbocycles. The van der Waals surface area contributed by atoms with Crippen LogP contribution in [0.4, 0.5) is 5.95 Å². The third-order valence-corrected chi connectivity index (χ3v) is 3.11. The topological polar surface area (TPSA) is 96.9 Å². The molecule has 2 aromatic heterocycles. The smallest absolute Gasteiger partial charge is 0.212 e. The summed E-state index contributed by atoms with van der Waals surface area (Å²) < 4.78 is 1.98. The van der Waals surface area contributed by atoms with Crippen molar-refractivity contribution in [1.29, 1.82) is 0 Å². The predicted molar refractivity (Wildman–Crippen MR) is 71.7 cm³/mol. The number of imidazole rings is 2. The number of nitrogens with zero attached hydrogens (tertiary/aromatic N) is 4. The first kappa shape index (κ1) is 10.1. The van der Waals surface area contributed by atoms with E-state index in [2.05, 4.69) is 25.3 Å². The largest absolute Gasteiger partial charge is 0.370 e. The number of para-hydroxylation sites is 2. The molecule has 0 bridgehead atoms. The third-order valence-electron chi connectivity index (χ3n) is 3.11. The standard InChI is InChI=1S/C12H11N7/c13-11-17-10(9-14-5-6-15-9)19-8-4-2-1-3-7(8)16-12(19)18-11/h1-6,10H,(H,14,15)(H3,13,16,17,18). The first-order valence-electron chi connectivity index (χ1n) is 5.89. The van der Waals surface area contributed by atoms with Crippen molar-refractivity contribution in [1.82, 2.24) is 19.5 Å². The van der Waals surface area contributed by atoms with Crippen molar-refractivity contribution in [3.05, 3.63) is 42.5 Å². The van der Waals surface area contributed by atoms with E-state index in [1.165, 1.54) is 0 Å². The third kappa shape index (κ3) is 1.41. The zero-order valence-corrected chi connectivity index (χ0v) is 9.91. The van der Waals surface area contributed by atoms with E-state index in [4.69, 9.17) is 5.73 Å². The van der Waals surface area contributed by atoms with Gasteiger partial charge < -0.3 is 10.7 Å². The molecule has 3 heterocycles. The number of hydrogen-bond donors (Lipinski definition) is 3. The van der Waals surface area contributed by atoms with Crippen LogP contribution in [0.15, 0.2) is 41.7 Å². The summed E-state index contributed by atoms with van der Waals surface area (Å²) >= 11 is 0. The maximum absolute atomic E-state index is 5.81. The highest BCUT2D eigenvalue weighted by atomic mass is 15.4. The molecule has 0 radical (unpaired) electrons. The van der Waals surface area contributed by atoms with Crippen LogP contribution in [0.1, 0.15) is 12.0 Å². The summed E-state index contributed by atoms with van der Waals surface area (Å²) in [7, 11) is 0. The van der Waals surface area contributed by atoms with Crippen molar-refractivity contribution < 1.29 is 0 Å². The number of fused-ring (bicyclic) bond motifs is 3. The van der Waals surface area contributed by atoms with Gasteiger partial charge in [-0.05, 0) is 12.1 Å². The molecule has 19 heavy (non-hydrogen) atoms. The molecule has 0 saturated heterocycles. The van der Waals surface area contributed by atoms with Crippen molar-refractivity contribution in [2.24, 2.45) is 10.7 Å². The quantitative estimate of drug-likeness (QED) is 0.603. The minimum atomic E-state index is -0.321. The van der Waals surface area contributed by atoms with Gasteiger partial charge in [-0.2, -0.15) is 0 Å². The van der Waals surface area contributed by atoms with Crippen LogP contribution in [0.2, 0.25) is 0 Å². The average Bonchev–Trinajstić information content (AvgIpc) is 3.04. The summed E-state index contributed by atoms with van der Waals surface area (Å²) in [4.78, 5) is 16.3. The highest BCUT2D eigenvalue weighted by Gasteiger charge is 2.26. The fourth-order valence-electron chi connectivity index (χ4n) is 2.32.